The van der Waals surface area contributed by atoms with E-state index in [-0.39, 0.29) is 0 Å². The van der Waals surface area contributed by atoms with Crippen molar-refractivity contribution in [3.05, 3.63) is 48.3 Å². The minimum absolute atomic E-state index is 0.441. The molecule has 0 N–H and O–H groups in total. The van der Waals surface area contributed by atoms with Gasteiger partial charge in [-0.3, -0.25) is 0 Å². The van der Waals surface area contributed by atoms with Gasteiger partial charge in [-0.1, -0.05) is 0 Å². The van der Waals surface area contributed by atoms with Crippen molar-refractivity contribution in [3.63, 3.8) is 0 Å². The number of aryl methyl sites for hydroxylation is 1. The van der Waals surface area contributed by atoms with E-state index < -0.39 is 11.6 Å². The van der Waals surface area contributed by atoms with E-state index in [9.17, 15) is 8.78 Å². The van der Waals surface area contributed by atoms with Gasteiger partial charge in [-0.05, 0) is 0 Å². The summed E-state index contributed by atoms with van der Waals surface area (Å²) in [6.45, 7) is 0.512. The van der Waals surface area contributed by atoms with Gasteiger partial charge in [-0.15, -0.1) is 0 Å². The van der Waals surface area contributed by atoms with Crippen molar-refractivity contribution in [3.8, 4) is 0 Å². The van der Waals surface area contributed by atoms with Crippen LogP contribution in [0.3, 0.4) is 0 Å². The molecule has 4 nitrogen and oxygen atoms in total. The Hall–Kier alpha value is -2.24. The average molecular weight is 248 g/mol. The molecule has 0 spiro atoms. The van der Waals surface area contributed by atoms with E-state index in [4.69, 9.17) is 0 Å². The lowest BCUT2D eigenvalue weighted by molar-refractivity contribution is 0.510. The molecule has 0 fully saturated rings. The second-order valence-corrected chi connectivity index (χ2v) is 4.12. The molecular weight excluding hydrogens is 238 g/mol. The summed E-state index contributed by atoms with van der Waals surface area (Å²) >= 11 is 0. The number of halogens is 2. The van der Waals surface area contributed by atoms with E-state index in [1.165, 1.54) is 0 Å². The number of hydrogen-bond donors (Lipinski definition) is 0. The quantitative estimate of drug-likeness (QED) is 0.696. The molecule has 2 aromatic heterocycles. The first kappa shape index (κ1) is 10.9. The zero-order valence-corrected chi connectivity index (χ0v) is 9.64. The molecule has 0 saturated heterocycles. The Morgan fingerprint density at radius 1 is 1.17 bits per heavy atom. The lowest BCUT2D eigenvalue weighted by atomic mass is 10.3. The van der Waals surface area contributed by atoms with Gasteiger partial charge in [0.2, 0.25) is 0 Å². The predicted octanol–water partition coefficient (Wildman–Crippen LogP) is 2.10. The number of nitrogens with zero attached hydrogens (tertiary/aromatic N) is 4. The van der Waals surface area contributed by atoms with Gasteiger partial charge in [-0.25, -0.2) is 18.7 Å². The van der Waals surface area contributed by atoms with Crippen molar-refractivity contribution in [1.82, 2.24) is 19.1 Å². The number of hydrogen-bond acceptors (Lipinski definition) is 2. The molecule has 0 aliphatic carbocycles. The number of benzene rings is 1. The Kier molecular flexibility index (Phi) is 2.36. The van der Waals surface area contributed by atoms with E-state index in [0.29, 0.717) is 17.6 Å². The molecule has 0 radical (unpaired) electrons. The summed E-state index contributed by atoms with van der Waals surface area (Å²) in [6, 6.07) is 2.26. The van der Waals surface area contributed by atoms with E-state index in [1.807, 2.05) is 11.6 Å². The Balaban J connectivity index is 2.08. The molecule has 0 unspecified atom stereocenters. The van der Waals surface area contributed by atoms with E-state index in [1.54, 1.807) is 23.4 Å². The predicted molar refractivity (Wildman–Crippen MR) is 62.0 cm³/mol. The molecule has 2 heterocycles. The summed E-state index contributed by atoms with van der Waals surface area (Å²) in [5, 5.41) is 0. The van der Waals surface area contributed by atoms with Crippen LogP contribution in [0.4, 0.5) is 8.78 Å². The van der Waals surface area contributed by atoms with Gasteiger partial charge in [0, 0.05) is 25.4 Å². The van der Waals surface area contributed by atoms with Crippen LogP contribution >= 0.6 is 0 Å². The van der Waals surface area contributed by atoms with Crippen molar-refractivity contribution in [2.45, 2.75) is 6.54 Å². The summed E-state index contributed by atoms with van der Waals surface area (Å²) in [7, 11) is 1.88. The van der Waals surface area contributed by atoms with Crippen molar-refractivity contribution in [2.75, 3.05) is 0 Å². The van der Waals surface area contributed by atoms with Crippen LogP contribution in [0.2, 0.25) is 0 Å². The normalized spacial score (nSPS) is 11.3. The fourth-order valence-corrected chi connectivity index (χ4v) is 1.89. The Bertz CT molecular complexity index is 714. The smallest absolute Gasteiger partial charge is 0.161 e. The topological polar surface area (TPSA) is 35.6 Å². The first-order valence-corrected chi connectivity index (χ1v) is 5.40. The summed E-state index contributed by atoms with van der Waals surface area (Å²) in [6.07, 6.45) is 4.98. The van der Waals surface area contributed by atoms with Gasteiger partial charge < -0.3 is 9.13 Å². The van der Waals surface area contributed by atoms with Crippen LogP contribution in [0.5, 0.6) is 0 Å². The molecule has 92 valence electrons. The van der Waals surface area contributed by atoms with E-state index in [0.717, 1.165) is 17.8 Å². The van der Waals surface area contributed by atoms with Crippen molar-refractivity contribution >= 4 is 11.0 Å². The minimum Gasteiger partial charge on any atom is -0.336 e. The van der Waals surface area contributed by atoms with E-state index in [2.05, 4.69) is 9.97 Å². The maximum atomic E-state index is 13.2. The monoisotopic (exact) mass is 248 g/mol. The minimum atomic E-state index is -0.881. The first-order chi connectivity index (χ1) is 8.65. The average Bonchev–Trinajstić information content (AvgIpc) is 2.90. The molecule has 1 aromatic carbocycles. The second kappa shape index (κ2) is 3.90. The van der Waals surface area contributed by atoms with Crippen LogP contribution in [0, 0.1) is 11.6 Å². The van der Waals surface area contributed by atoms with Gasteiger partial charge in [-0.2, -0.15) is 0 Å². The van der Waals surface area contributed by atoms with Gasteiger partial charge in [0.1, 0.15) is 0 Å². The van der Waals surface area contributed by atoms with Crippen LogP contribution in [0.1, 0.15) is 5.69 Å². The summed E-state index contributed by atoms with van der Waals surface area (Å²) in [5.41, 5.74) is 1.96. The largest absolute Gasteiger partial charge is 0.336 e. The maximum absolute atomic E-state index is 13.2. The molecule has 3 aromatic rings. The summed E-state index contributed by atoms with van der Waals surface area (Å²) in [4.78, 5) is 8.07. The van der Waals surface area contributed by atoms with Gasteiger partial charge in [0.15, 0.2) is 11.6 Å². The highest BCUT2D eigenvalue weighted by Gasteiger charge is 2.10. The van der Waals surface area contributed by atoms with Crippen LogP contribution < -0.4 is 0 Å². The number of imidazole rings is 2. The molecule has 0 aliphatic heterocycles. The second-order valence-electron chi connectivity index (χ2n) is 4.12. The number of rotatable bonds is 2. The van der Waals surface area contributed by atoms with Gasteiger partial charge >= 0.3 is 0 Å². The van der Waals surface area contributed by atoms with Crippen molar-refractivity contribution in [2.24, 2.45) is 7.05 Å². The lowest BCUT2D eigenvalue weighted by Crippen LogP contribution is -2.03. The molecule has 0 aliphatic rings. The van der Waals surface area contributed by atoms with Crippen molar-refractivity contribution < 1.29 is 8.78 Å². The summed E-state index contributed by atoms with van der Waals surface area (Å²) in [5.74, 6) is -1.75. The summed E-state index contributed by atoms with van der Waals surface area (Å²) < 4.78 is 29.9. The SMILES string of the molecule is Cn1cncc1Cn1cnc2cc(F)c(F)cc21. The molecule has 18 heavy (non-hydrogen) atoms. The molecule has 0 amide bonds. The molecule has 6 heteroatoms. The third-order valence-corrected chi connectivity index (χ3v) is 2.91. The third kappa shape index (κ3) is 1.66. The van der Waals surface area contributed by atoms with Gasteiger partial charge in [0.25, 0.3) is 0 Å². The Morgan fingerprint density at radius 3 is 2.67 bits per heavy atom. The van der Waals surface area contributed by atoms with Crippen LogP contribution in [-0.4, -0.2) is 19.1 Å². The highest BCUT2D eigenvalue weighted by molar-refractivity contribution is 5.75. The fourth-order valence-electron chi connectivity index (χ4n) is 1.89. The van der Waals surface area contributed by atoms with Crippen molar-refractivity contribution in [1.29, 1.82) is 0 Å². The fraction of sp³-hybridized carbons (Fsp3) is 0.167. The highest BCUT2D eigenvalue weighted by Crippen LogP contribution is 2.18. The first-order valence-electron chi connectivity index (χ1n) is 5.40. The Labute approximate surface area is 102 Å². The van der Waals surface area contributed by atoms with Crippen LogP contribution in [-0.2, 0) is 13.6 Å². The number of aromatic nitrogens is 4. The number of fused-ring (bicyclic) bond motifs is 1. The lowest BCUT2D eigenvalue weighted by Gasteiger charge is -2.05. The molecule has 0 atom stereocenters. The maximum Gasteiger partial charge on any atom is 0.161 e. The third-order valence-electron chi connectivity index (χ3n) is 2.91. The molecule has 0 saturated carbocycles. The highest BCUT2D eigenvalue weighted by atomic mass is 19.2. The van der Waals surface area contributed by atoms with Crippen LogP contribution in [0.25, 0.3) is 11.0 Å². The van der Waals surface area contributed by atoms with E-state index >= 15 is 0 Å². The standard InChI is InChI=1S/C12H10F2N4/c1-17-6-15-4-8(17)5-18-7-16-11-2-9(13)10(14)3-12(11)18/h2-4,6-7H,5H2,1H3. The van der Waals surface area contributed by atoms with Gasteiger partial charge in [0.05, 0.1) is 35.9 Å². The van der Waals surface area contributed by atoms with Crippen LogP contribution in [0.15, 0.2) is 31.0 Å². The Morgan fingerprint density at radius 2 is 1.94 bits per heavy atom. The molecular formula is C12H10F2N4. The zero-order chi connectivity index (χ0) is 12.7. The molecule has 3 rings (SSSR count). The molecule has 0 bridgehead atoms. The zero-order valence-electron chi connectivity index (χ0n) is 9.64.